The zero-order valence-electron chi connectivity index (χ0n) is 20.6. The van der Waals surface area contributed by atoms with Gasteiger partial charge < -0.3 is 37.8 Å². The standard InChI is InChI=1S/C23H37N7O5S/c1-14(22(34)35)28-21(33)18(13-15-7-4-3-5-8-15)30-20(32)17(9-6-11-27-23(25)26)29-19(31)16(24)10-12-36-2/h3-5,7-8,14,16-18H,6,9-13,24H2,1-2H3,(H,28,33)(H,29,31)(H,30,32)(H,34,35)(H4,25,26,27)/t14-,16?,17?,18?/m0/s1. The van der Waals surface area contributed by atoms with E-state index in [1.807, 2.05) is 12.3 Å². The Bertz CT molecular complexity index is 887. The molecule has 0 fully saturated rings. The van der Waals surface area contributed by atoms with E-state index in [1.54, 1.807) is 36.0 Å². The zero-order chi connectivity index (χ0) is 27.1. The Balaban J connectivity index is 3.02. The molecule has 0 saturated heterocycles. The summed E-state index contributed by atoms with van der Waals surface area (Å²) < 4.78 is 0. The normalized spacial score (nSPS) is 14.0. The average Bonchev–Trinajstić information content (AvgIpc) is 2.83. The molecule has 1 aromatic rings. The Morgan fingerprint density at radius 3 is 2.19 bits per heavy atom. The van der Waals surface area contributed by atoms with Crippen molar-refractivity contribution in [3.05, 3.63) is 35.9 Å². The SMILES string of the molecule is CSCCC(N)C(=O)NC(CCCNC(=N)N)C(=O)NC(Cc1ccccc1)C(=O)N[C@@H](C)C(=O)O. The number of aliphatic carboxylic acids is 1. The third-order valence-corrected chi connectivity index (χ3v) is 5.88. The van der Waals surface area contributed by atoms with Crippen LogP contribution in [0, 0.1) is 5.41 Å². The van der Waals surface area contributed by atoms with Crippen LogP contribution in [0.1, 0.15) is 31.7 Å². The van der Waals surface area contributed by atoms with Gasteiger partial charge in [0.15, 0.2) is 5.96 Å². The van der Waals surface area contributed by atoms with Gasteiger partial charge in [-0.15, -0.1) is 0 Å². The van der Waals surface area contributed by atoms with Gasteiger partial charge in [-0.3, -0.25) is 24.6 Å². The molecule has 1 aromatic carbocycles. The molecular formula is C23H37N7O5S. The van der Waals surface area contributed by atoms with E-state index in [9.17, 15) is 19.2 Å². The van der Waals surface area contributed by atoms with Gasteiger partial charge >= 0.3 is 5.97 Å². The molecule has 36 heavy (non-hydrogen) atoms. The highest BCUT2D eigenvalue weighted by molar-refractivity contribution is 7.98. The quantitative estimate of drug-likeness (QED) is 0.0767. The lowest BCUT2D eigenvalue weighted by atomic mass is 10.0. The van der Waals surface area contributed by atoms with Crippen molar-refractivity contribution in [2.24, 2.45) is 11.5 Å². The summed E-state index contributed by atoms with van der Waals surface area (Å²) in [5, 5.41) is 26.7. The van der Waals surface area contributed by atoms with Crippen molar-refractivity contribution in [2.75, 3.05) is 18.6 Å². The molecule has 1 rings (SSSR count). The third-order valence-electron chi connectivity index (χ3n) is 5.23. The Hall–Kier alpha value is -3.32. The van der Waals surface area contributed by atoms with Gasteiger partial charge in [0, 0.05) is 13.0 Å². The number of benzene rings is 1. The molecule has 0 saturated carbocycles. The second-order valence-corrected chi connectivity index (χ2v) is 9.24. The van der Waals surface area contributed by atoms with Crippen molar-refractivity contribution in [2.45, 2.75) is 56.8 Å². The maximum absolute atomic E-state index is 13.2. The van der Waals surface area contributed by atoms with Crippen LogP contribution in [0.4, 0.5) is 0 Å². The number of amides is 3. The number of rotatable bonds is 16. The number of nitrogens with two attached hydrogens (primary N) is 2. The van der Waals surface area contributed by atoms with Gasteiger partial charge in [-0.05, 0) is 43.8 Å². The van der Waals surface area contributed by atoms with Crippen molar-refractivity contribution in [3.8, 4) is 0 Å². The number of hydrogen-bond acceptors (Lipinski definition) is 7. The van der Waals surface area contributed by atoms with Crippen molar-refractivity contribution < 1.29 is 24.3 Å². The number of thioether (sulfide) groups is 1. The van der Waals surface area contributed by atoms with Crippen molar-refractivity contribution in [3.63, 3.8) is 0 Å². The summed E-state index contributed by atoms with van der Waals surface area (Å²) in [6, 6.07) is 4.90. The summed E-state index contributed by atoms with van der Waals surface area (Å²) in [6.45, 7) is 1.63. The largest absolute Gasteiger partial charge is 0.480 e. The van der Waals surface area contributed by atoms with Crippen LogP contribution in [0.3, 0.4) is 0 Å². The van der Waals surface area contributed by atoms with Crippen molar-refractivity contribution in [1.29, 1.82) is 5.41 Å². The molecule has 10 N–H and O–H groups in total. The minimum absolute atomic E-state index is 0.116. The molecule has 0 bridgehead atoms. The van der Waals surface area contributed by atoms with E-state index < -0.39 is 47.9 Å². The Morgan fingerprint density at radius 2 is 1.61 bits per heavy atom. The second kappa shape index (κ2) is 16.4. The van der Waals surface area contributed by atoms with Crippen LogP contribution < -0.4 is 32.7 Å². The number of carboxylic acids is 1. The minimum Gasteiger partial charge on any atom is -0.480 e. The number of nitrogens with one attached hydrogen (secondary N) is 5. The highest BCUT2D eigenvalue weighted by Crippen LogP contribution is 2.07. The van der Waals surface area contributed by atoms with Crippen LogP contribution in [0.2, 0.25) is 0 Å². The van der Waals surface area contributed by atoms with Gasteiger partial charge in [0.25, 0.3) is 0 Å². The van der Waals surface area contributed by atoms with Crippen LogP contribution in [-0.2, 0) is 25.6 Å². The van der Waals surface area contributed by atoms with Crippen LogP contribution >= 0.6 is 11.8 Å². The first-order chi connectivity index (χ1) is 17.0. The number of carboxylic acid groups (broad SMARTS) is 1. The summed E-state index contributed by atoms with van der Waals surface area (Å²) in [5.74, 6) is -2.52. The summed E-state index contributed by atoms with van der Waals surface area (Å²) >= 11 is 1.55. The van der Waals surface area contributed by atoms with E-state index >= 15 is 0 Å². The highest BCUT2D eigenvalue weighted by Gasteiger charge is 2.29. The number of guanidine groups is 1. The lowest BCUT2D eigenvalue weighted by Crippen LogP contribution is -2.57. The second-order valence-electron chi connectivity index (χ2n) is 8.25. The molecule has 13 heteroatoms. The fraction of sp³-hybridized carbons (Fsp3) is 0.522. The van der Waals surface area contributed by atoms with Crippen molar-refractivity contribution in [1.82, 2.24) is 21.3 Å². The van der Waals surface area contributed by atoms with E-state index in [0.29, 0.717) is 25.1 Å². The van der Waals surface area contributed by atoms with Gasteiger partial charge in [0.1, 0.15) is 18.1 Å². The molecule has 0 heterocycles. The summed E-state index contributed by atoms with van der Waals surface area (Å²) in [6.07, 6.45) is 3.03. The molecule has 0 radical (unpaired) electrons. The predicted molar refractivity (Wildman–Crippen MR) is 139 cm³/mol. The molecule has 3 amide bonds. The van der Waals surface area contributed by atoms with Gasteiger partial charge in [-0.25, -0.2) is 0 Å². The first kappa shape index (κ1) is 30.7. The molecule has 200 valence electrons. The van der Waals surface area contributed by atoms with E-state index in [4.69, 9.17) is 22.0 Å². The fourth-order valence-corrected chi connectivity index (χ4v) is 3.65. The summed E-state index contributed by atoms with van der Waals surface area (Å²) in [4.78, 5) is 49.9. The average molecular weight is 524 g/mol. The Labute approximate surface area is 215 Å². The monoisotopic (exact) mass is 523 g/mol. The minimum atomic E-state index is -1.21. The molecule has 0 aliphatic rings. The summed E-state index contributed by atoms with van der Waals surface area (Å²) in [7, 11) is 0. The number of carbonyl (C=O) groups is 4. The fourth-order valence-electron chi connectivity index (χ4n) is 3.16. The number of carbonyl (C=O) groups excluding carboxylic acids is 3. The number of hydrogen-bond donors (Lipinski definition) is 8. The van der Waals surface area contributed by atoms with E-state index in [-0.39, 0.29) is 18.8 Å². The van der Waals surface area contributed by atoms with Gasteiger partial charge in [-0.2, -0.15) is 11.8 Å². The topological polar surface area (TPSA) is 213 Å². The first-order valence-electron chi connectivity index (χ1n) is 11.5. The van der Waals surface area contributed by atoms with E-state index in [1.165, 1.54) is 6.92 Å². The lowest BCUT2D eigenvalue weighted by Gasteiger charge is -2.25. The molecule has 0 aliphatic carbocycles. The lowest BCUT2D eigenvalue weighted by molar-refractivity contribution is -0.141. The predicted octanol–water partition coefficient (Wildman–Crippen LogP) is -0.868. The van der Waals surface area contributed by atoms with Crippen LogP contribution in [-0.4, -0.2) is 77.5 Å². The van der Waals surface area contributed by atoms with E-state index in [0.717, 1.165) is 5.56 Å². The zero-order valence-corrected chi connectivity index (χ0v) is 21.4. The molecule has 0 spiro atoms. The maximum Gasteiger partial charge on any atom is 0.325 e. The van der Waals surface area contributed by atoms with Gasteiger partial charge in [0.05, 0.1) is 6.04 Å². The molecule has 0 aromatic heterocycles. The van der Waals surface area contributed by atoms with E-state index in [2.05, 4.69) is 21.3 Å². The highest BCUT2D eigenvalue weighted by atomic mass is 32.2. The molecule has 3 unspecified atom stereocenters. The smallest absolute Gasteiger partial charge is 0.325 e. The molecule has 0 aliphatic heterocycles. The molecular weight excluding hydrogens is 486 g/mol. The summed E-state index contributed by atoms with van der Waals surface area (Å²) in [5.41, 5.74) is 12.0. The Morgan fingerprint density at radius 1 is 1.00 bits per heavy atom. The maximum atomic E-state index is 13.2. The van der Waals surface area contributed by atoms with Gasteiger partial charge in [0.2, 0.25) is 17.7 Å². The molecule has 4 atom stereocenters. The van der Waals surface area contributed by atoms with Crippen LogP contribution in [0.15, 0.2) is 30.3 Å². The molecule has 12 nitrogen and oxygen atoms in total. The van der Waals surface area contributed by atoms with Crippen LogP contribution in [0.5, 0.6) is 0 Å². The third kappa shape index (κ3) is 11.9. The van der Waals surface area contributed by atoms with Crippen LogP contribution in [0.25, 0.3) is 0 Å². The first-order valence-corrected chi connectivity index (χ1v) is 12.9. The van der Waals surface area contributed by atoms with Crippen molar-refractivity contribution >= 4 is 41.4 Å². The Kier molecular flexibility index (Phi) is 14.0. The van der Waals surface area contributed by atoms with Gasteiger partial charge in [-0.1, -0.05) is 30.3 Å².